The van der Waals surface area contributed by atoms with Crippen molar-refractivity contribution in [2.75, 3.05) is 23.8 Å². The highest BCUT2D eigenvalue weighted by Gasteiger charge is 2.54. The van der Waals surface area contributed by atoms with Crippen LogP contribution in [-0.4, -0.2) is 54.7 Å². The minimum absolute atomic E-state index is 0.0679. The number of rotatable bonds is 2. The van der Waals surface area contributed by atoms with Gasteiger partial charge in [0.1, 0.15) is 13.4 Å². The maximum absolute atomic E-state index is 12.7. The van der Waals surface area contributed by atoms with Crippen molar-refractivity contribution in [2.45, 2.75) is 43.7 Å². The summed E-state index contributed by atoms with van der Waals surface area (Å²) >= 11 is 0. The fraction of sp³-hybridized carbons (Fsp3) is 0.333. The molecule has 2 aromatic carbocycles. The minimum Gasteiger partial charge on any atom is -0.364 e. The van der Waals surface area contributed by atoms with Crippen LogP contribution < -0.4 is 21.0 Å². The molecular formula is C27H26BN5O3. The lowest BCUT2D eigenvalue weighted by Gasteiger charge is -2.30. The average molecular weight is 479 g/mol. The Labute approximate surface area is 209 Å². The second kappa shape index (κ2) is 6.87. The van der Waals surface area contributed by atoms with Crippen LogP contribution in [0.3, 0.4) is 0 Å². The fourth-order valence-electron chi connectivity index (χ4n) is 6.95. The van der Waals surface area contributed by atoms with Gasteiger partial charge in [0, 0.05) is 55.2 Å². The number of imide groups is 1. The van der Waals surface area contributed by atoms with Crippen LogP contribution >= 0.6 is 0 Å². The van der Waals surface area contributed by atoms with E-state index in [4.69, 9.17) is 4.98 Å². The first-order chi connectivity index (χ1) is 17.2. The van der Waals surface area contributed by atoms with Crippen molar-refractivity contribution in [1.29, 1.82) is 0 Å². The molecular weight excluding hydrogens is 453 g/mol. The Morgan fingerprint density at radius 1 is 1.08 bits per heavy atom. The number of pyridine rings is 1. The lowest BCUT2D eigenvalue weighted by atomic mass is 9.78. The van der Waals surface area contributed by atoms with Gasteiger partial charge in [-0.2, -0.15) is 0 Å². The van der Waals surface area contributed by atoms with Crippen LogP contribution in [0.15, 0.2) is 36.4 Å². The number of aromatic nitrogens is 1. The maximum Gasteiger partial charge on any atom is 0.324 e. The molecule has 0 saturated carbocycles. The number of fused-ring (bicyclic) bond motifs is 2. The van der Waals surface area contributed by atoms with E-state index in [0.717, 1.165) is 51.1 Å². The zero-order chi connectivity index (χ0) is 25.0. The standard InChI is InChI=1S/C27H26BN5O3/c1-26-11-20(34)30-18-4-3-5-19(21(18)26)33(13-26)12-16-7-6-14-8-15-9-27(24(35)31-25(36)32(27)2)10-17(15)22(28)23(14)29-16/h3-8H,9-13,28H2,1-2H3,(H,30,34)(H,31,35,36)/t26?,27-/m1/s1. The Morgan fingerprint density at radius 3 is 2.69 bits per heavy atom. The van der Waals surface area contributed by atoms with Crippen molar-refractivity contribution in [2.24, 2.45) is 0 Å². The molecule has 4 heterocycles. The topological polar surface area (TPSA) is 94.6 Å². The van der Waals surface area contributed by atoms with Crippen LogP contribution in [0.1, 0.15) is 35.7 Å². The number of hydrogen-bond acceptors (Lipinski definition) is 5. The van der Waals surface area contributed by atoms with Crippen molar-refractivity contribution in [1.82, 2.24) is 15.2 Å². The summed E-state index contributed by atoms with van der Waals surface area (Å²) in [7, 11) is 3.77. The van der Waals surface area contributed by atoms with E-state index in [1.54, 1.807) is 11.9 Å². The Kier molecular flexibility index (Phi) is 4.09. The second-order valence-electron chi connectivity index (χ2n) is 11.1. The third-order valence-electron chi connectivity index (χ3n) is 8.76. The number of amides is 4. The summed E-state index contributed by atoms with van der Waals surface area (Å²) in [5.41, 5.74) is 7.44. The van der Waals surface area contributed by atoms with Gasteiger partial charge in [-0.05, 0) is 40.8 Å². The molecule has 9 heteroatoms. The lowest BCUT2D eigenvalue weighted by molar-refractivity contribution is -0.125. The summed E-state index contributed by atoms with van der Waals surface area (Å²) in [6.07, 6.45) is 1.51. The summed E-state index contributed by atoms with van der Waals surface area (Å²) in [4.78, 5) is 46.2. The van der Waals surface area contributed by atoms with Crippen LogP contribution in [0.25, 0.3) is 10.9 Å². The second-order valence-corrected chi connectivity index (χ2v) is 11.1. The third kappa shape index (κ3) is 2.71. The van der Waals surface area contributed by atoms with Gasteiger partial charge in [0.05, 0.1) is 17.8 Å². The smallest absolute Gasteiger partial charge is 0.324 e. The number of likely N-dealkylation sites (N-methyl/N-ethyl adjacent to an activating group) is 1. The SMILES string of the molecule is Bc1c2c(cc3ccc(CN4CC5(C)CC(=O)Nc6cccc4c65)nc13)C[C@@]1(C2)C(=O)NC(=O)N1C. The molecule has 36 heavy (non-hydrogen) atoms. The molecule has 0 bridgehead atoms. The predicted octanol–water partition coefficient (Wildman–Crippen LogP) is 1.13. The first kappa shape index (κ1) is 21.4. The van der Waals surface area contributed by atoms with E-state index in [1.165, 1.54) is 5.56 Å². The highest BCUT2D eigenvalue weighted by atomic mass is 16.2. The quantitative estimate of drug-likeness (QED) is 0.425. The molecule has 1 fully saturated rings. The molecule has 1 unspecified atom stereocenters. The van der Waals surface area contributed by atoms with Crippen LogP contribution in [0, 0.1) is 0 Å². The van der Waals surface area contributed by atoms with Gasteiger partial charge in [-0.3, -0.25) is 19.9 Å². The van der Waals surface area contributed by atoms with E-state index >= 15 is 0 Å². The van der Waals surface area contributed by atoms with E-state index in [1.807, 2.05) is 12.1 Å². The summed E-state index contributed by atoms with van der Waals surface area (Å²) < 4.78 is 0. The molecule has 3 aliphatic heterocycles. The van der Waals surface area contributed by atoms with Crippen molar-refractivity contribution in [3.05, 3.63) is 58.8 Å². The van der Waals surface area contributed by atoms with Crippen LogP contribution in [-0.2, 0) is 34.4 Å². The third-order valence-corrected chi connectivity index (χ3v) is 8.76. The fourth-order valence-corrected chi connectivity index (χ4v) is 6.95. The van der Waals surface area contributed by atoms with Crippen molar-refractivity contribution in [3.8, 4) is 0 Å². The van der Waals surface area contributed by atoms with Gasteiger partial charge in [0.2, 0.25) is 5.91 Å². The van der Waals surface area contributed by atoms with Gasteiger partial charge in [-0.15, -0.1) is 0 Å². The molecule has 0 radical (unpaired) electrons. The molecule has 8 nitrogen and oxygen atoms in total. The Morgan fingerprint density at radius 2 is 1.92 bits per heavy atom. The van der Waals surface area contributed by atoms with E-state index in [9.17, 15) is 14.4 Å². The maximum atomic E-state index is 12.7. The number of benzene rings is 2. The number of nitrogens with one attached hydrogen (secondary N) is 2. The van der Waals surface area contributed by atoms with Gasteiger partial charge in [-0.1, -0.05) is 24.5 Å². The molecule has 7 rings (SSSR count). The molecule has 1 aliphatic carbocycles. The molecule has 1 spiro atoms. The van der Waals surface area contributed by atoms with Crippen molar-refractivity contribution < 1.29 is 14.4 Å². The average Bonchev–Trinajstić information content (AvgIpc) is 3.42. The summed E-state index contributed by atoms with van der Waals surface area (Å²) in [6, 6.07) is 12.1. The molecule has 3 aromatic rings. The molecule has 1 aromatic heterocycles. The molecule has 4 aliphatic rings. The predicted molar refractivity (Wildman–Crippen MR) is 139 cm³/mol. The molecule has 1 saturated heterocycles. The van der Waals surface area contributed by atoms with Gasteiger partial charge in [-0.25, -0.2) is 4.79 Å². The van der Waals surface area contributed by atoms with Gasteiger partial charge >= 0.3 is 6.03 Å². The van der Waals surface area contributed by atoms with Gasteiger partial charge in [0.25, 0.3) is 5.91 Å². The number of carbonyl (C=O) groups is 3. The Hall–Kier alpha value is -3.88. The monoisotopic (exact) mass is 479 g/mol. The van der Waals surface area contributed by atoms with E-state index in [2.05, 4.69) is 54.6 Å². The normalized spacial score (nSPS) is 26.0. The van der Waals surface area contributed by atoms with Gasteiger partial charge in [0.15, 0.2) is 0 Å². The zero-order valence-electron chi connectivity index (χ0n) is 20.6. The lowest BCUT2D eigenvalue weighted by Crippen LogP contribution is -2.48. The molecule has 4 amide bonds. The van der Waals surface area contributed by atoms with Crippen molar-refractivity contribution >= 4 is 53.4 Å². The van der Waals surface area contributed by atoms with Gasteiger partial charge < -0.3 is 15.1 Å². The summed E-state index contributed by atoms with van der Waals surface area (Å²) in [5.74, 6) is -0.151. The number of anilines is 2. The first-order valence-electron chi connectivity index (χ1n) is 12.4. The number of urea groups is 1. The molecule has 2 atom stereocenters. The zero-order valence-corrected chi connectivity index (χ0v) is 20.6. The van der Waals surface area contributed by atoms with E-state index in [0.29, 0.717) is 25.8 Å². The number of nitrogens with zero attached hydrogens (tertiary/aromatic N) is 3. The van der Waals surface area contributed by atoms with Crippen LogP contribution in [0.2, 0.25) is 0 Å². The van der Waals surface area contributed by atoms with Crippen LogP contribution in [0.5, 0.6) is 0 Å². The first-order valence-corrected chi connectivity index (χ1v) is 12.4. The number of carbonyl (C=O) groups excluding carboxylic acids is 3. The highest BCUT2D eigenvalue weighted by Crippen LogP contribution is 2.49. The summed E-state index contributed by atoms with van der Waals surface area (Å²) in [5, 5.41) is 6.55. The minimum atomic E-state index is -0.844. The Bertz CT molecular complexity index is 1550. The van der Waals surface area contributed by atoms with E-state index < -0.39 is 5.54 Å². The number of hydrogen-bond donors (Lipinski definition) is 2. The molecule has 2 N–H and O–H groups in total. The van der Waals surface area contributed by atoms with Crippen LogP contribution in [0.4, 0.5) is 16.2 Å². The largest absolute Gasteiger partial charge is 0.364 e. The van der Waals surface area contributed by atoms with Crippen molar-refractivity contribution in [3.63, 3.8) is 0 Å². The Balaban J connectivity index is 1.24. The summed E-state index contributed by atoms with van der Waals surface area (Å²) in [6.45, 7) is 3.59. The van der Waals surface area contributed by atoms with E-state index in [-0.39, 0.29) is 23.3 Å². The molecule has 180 valence electrons. The highest BCUT2D eigenvalue weighted by molar-refractivity contribution is 6.39.